The summed E-state index contributed by atoms with van der Waals surface area (Å²) in [6, 6.07) is 47.7. The fraction of sp³-hybridized carbons (Fsp3) is 0.398. The first-order chi connectivity index (χ1) is 52.7. The Bertz CT molecular complexity index is 5030. The number of ketones is 8. The van der Waals surface area contributed by atoms with E-state index in [9.17, 15) is 43.5 Å². The van der Waals surface area contributed by atoms with Gasteiger partial charge in [0.15, 0.2) is 46.3 Å². The summed E-state index contributed by atoms with van der Waals surface area (Å²) in [7, 11) is 4.28. The number of piperidine rings is 1. The van der Waals surface area contributed by atoms with E-state index in [0.717, 1.165) is 198 Å². The quantitative estimate of drug-likeness (QED) is 0.0479. The lowest BCUT2D eigenvalue weighted by molar-refractivity contribution is 0.100. The molecule has 6 heterocycles. The van der Waals surface area contributed by atoms with Gasteiger partial charge in [-0.1, -0.05) is 6.92 Å². The second kappa shape index (κ2) is 36.3. The van der Waals surface area contributed by atoms with Crippen LogP contribution in [0.3, 0.4) is 0 Å². The maximum absolute atomic E-state index is 11.9. The third-order valence-corrected chi connectivity index (χ3v) is 22.7. The van der Waals surface area contributed by atoms with E-state index >= 15 is 0 Å². The molecule has 0 saturated carbocycles. The van der Waals surface area contributed by atoms with Crippen LogP contribution in [0.4, 0.5) is 0 Å². The highest BCUT2D eigenvalue weighted by Crippen LogP contribution is 2.37. The highest BCUT2D eigenvalue weighted by Gasteiger charge is 2.23. The van der Waals surface area contributed by atoms with E-state index in [1.807, 2.05) is 133 Å². The van der Waals surface area contributed by atoms with Crippen LogP contribution in [0.1, 0.15) is 210 Å². The van der Waals surface area contributed by atoms with E-state index in [1.54, 1.807) is 55.4 Å². The van der Waals surface area contributed by atoms with Crippen LogP contribution in [0, 0.1) is 5.92 Å². The number of Topliss-reactive ketones (excluding diaryl/α,β-unsaturated/α-hetero) is 8. The second-order valence-electron chi connectivity index (χ2n) is 30.8. The molecule has 12 aromatic rings. The number of benzene rings is 8. The fourth-order valence-corrected chi connectivity index (χ4v) is 15.9. The molecule has 1 atom stereocenters. The van der Waals surface area contributed by atoms with Crippen molar-refractivity contribution in [3.8, 4) is 0 Å². The second-order valence-corrected chi connectivity index (χ2v) is 30.8. The van der Waals surface area contributed by atoms with Crippen molar-refractivity contribution in [1.82, 2.24) is 37.9 Å². The SMILES string of the molecule is CC(=O)c1ccc2c(c1)c1cc(C(C)=O)ccc1n2CCCN(C)C(C)C.CC(=O)c1ccc2c(c1)c1cc(C(C)=O)ccc1n2CCCN1CCCC(CO)C1.CC(=O)c1ccc2c(c1)c1cc(C(C)=O)ccc1n2CCCN1CCCC1.CCN(C)CCCn1c2ccc(C(C)=O)cc2c2cc(C(C)=O)ccc21. The number of aliphatic hydroxyl groups excluding tert-OH is 1. The van der Waals surface area contributed by atoms with Crippen molar-refractivity contribution in [2.24, 2.45) is 5.92 Å². The van der Waals surface area contributed by atoms with Gasteiger partial charge in [-0.2, -0.15) is 0 Å². The van der Waals surface area contributed by atoms with Gasteiger partial charge in [-0.25, -0.2) is 0 Å². The molecule has 0 aliphatic carbocycles. The molecular weight excluding hydrogens is 1370 g/mol. The van der Waals surface area contributed by atoms with Gasteiger partial charge >= 0.3 is 0 Å². The fourth-order valence-electron chi connectivity index (χ4n) is 15.9. The highest BCUT2D eigenvalue weighted by molar-refractivity contribution is 6.17. The molecule has 8 aromatic carbocycles. The number of carbonyl (C=O) groups excluding carboxylic acids is 8. The summed E-state index contributed by atoms with van der Waals surface area (Å²) >= 11 is 0. The van der Waals surface area contributed by atoms with Crippen molar-refractivity contribution in [2.75, 3.05) is 79.6 Å². The Morgan fingerprint density at radius 1 is 0.355 bits per heavy atom. The number of carbonyl (C=O) groups is 8. The van der Waals surface area contributed by atoms with Crippen LogP contribution < -0.4 is 0 Å². The molecular formula is C93H110N8O9. The van der Waals surface area contributed by atoms with Gasteiger partial charge in [-0.3, -0.25) is 38.4 Å². The summed E-state index contributed by atoms with van der Waals surface area (Å²) in [4.78, 5) is 105. The topological polar surface area (TPSA) is 189 Å². The minimum Gasteiger partial charge on any atom is -0.396 e. The molecule has 14 rings (SSSR count). The Hall–Kier alpha value is -9.88. The lowest BCUT2D eigenvalue weighted by atomic mass is 9.99. The molecule has 17 heteroatoms. The number of aryl methyl sites for hydroxylation is 4. The summed E-state index contributed by atoms with van der Waals surface area (Å²) in [5.41, 5.74) is 14.6. The average molecular weight is 1480 g/mol. The number of rotatable bonds is 27. The number of fused-ring (bicyclic) bond motifs is 12. The predicted octanol–water partition coefficient (Wildman–Crippen LogP) is 18.5. The summed E-state index contributed by atoms with van der Waals surface area (Å²) in [5, 5.41) is 17.8. The van der Waals surface area contributed by atoms with Crippen LogP contribution in [-0.2, 0) is 26.2 Å². The number of nitrogens with zero attached hydrogens (tertiary/aromatic N) is 8. The van der Waals surface area contributed by atoms with E-state index in [-0.39, 0.29) is 52.9 Å². The van der Waals surface area contributed by atoms with Crippen LogP contribution in [0.5, 0.6) is 0 Å². The van der Waals surface area contributed by atoms with Crippen LogP contribution in [0.15, 0.2) is 146 Å². The highest BCUT2D eigenvalue weighted by atomic mass is 16.3. The monoisotopic (exact) mass is 1480 g/mol. The number of aliphatic hydroxyl groups is 1. The molecule has 17 nitrogen and oxygen atoms in total. The molecule has 1 N–H and O–H groups in total. The Labute approximate surface area is 646 Å². The molecule has 110 heavy (non-hydrogen) atoms. The average Bonchev–Trinajstić information content (AvgIpc) is 1.63. The number of hydrogen-bond donors (Lipinski definition) is 1. The summed E-state index contributed by atoms with van der Waals surface area (Å²) in [5.74, 6) is 0.845. The first-order valence-corrected chi connectivity index (χ1v) is 39.5. The zero-order valence-electron chi connectivity index (χ0n) is 66.9. The predicted molar refractivity (Wildman–Crippen MR) is 449 cm³/mol. The van der Waals surface area contributed by atoms with Gasteiger partial charge in [0.2, 0.25) is 0 Å². The number of hydrogen-bond acceptors (Lipinski definition) is 13. The smallest absolute Gasteiger partial charge is 0.159 e. The van der Waals surface area contributed by atoms with Crippen molar-refractivity contribution in [2.45, 2.75) is 160 Å². The first-order valence-electron chi connectivity index (χ1n) is 39.5. The minimum absolute atomic E-state index is 0.0454. The van der Waals surface area contributed by atoms with E-state index in [2.05, 4.69) is 84.9 Å². The number of aromatic nitrogens is 4. The van der Waals surface area contributed by atoms with E-state index in [1.165, 1.54) is 25.9 Å². The zero-order chi connectivity index (χ0) is 78.8. The maximum atomic E-state index is 11.9. The van der Waals surface area contributed by atoms with Gasteiger partial charge in [0, 0.05) is 177 Å². The number of likely N-dealkylation sites (tertiary alicyclic amines) is 2. The Morgan fingerprint density at radius 3 is 0.845 bits per heavy atom. The third-order valence-electron chi connectivity index (χ3n) is 22.7. The van der Waals surface area contributed by atoms with Crippen molar-refractivity contribution in [3.63, 3.8) is 0 Å². The summed E-state index contributed by atoms with van der Waals surface area (Å²) in [6.07, 6.45) is 9.11. The first kappa shape index (κ1) is 81.1. The van der Waals surface area contributed by atoms with Crippen LogP contribution >= 0.6 is 0 Å². The molecule has 2 aliphatic heterocycles. The molecule has 576 valence electrons. The maximum Gasteiger partial charge on any atom is 0.159 e. The molecule has 1 unspecified atom stereocenters. The molecule has 2 aliphatic rings. The lowest BCUT2D eigenvalue weighted by Gasteiger charge is -2.31. The Morgan fingerprint density at radius 2 is 0.600 bits per heavy atom. The van der Waals surface area contributed by atoms with Gasteiger partial charge in [0.05, 0.1) is 0 Å². The third kappa shape index (κ3) is 18.6. The molecule has 2 saturated heterocycles. The standard InChI is InChI=1S/C25H30N2O3.C23H26N2O2.C23H28N2O2.C22H26N2O2/c1-17(29)20-6-8-24-22(13-20)23-14-21(18(2)30)7-9-25(23)27(24)12-4-11-26-10-3-5-19(15-26)16-28;1-16(26)18-6-8-22-20(14-18)21-15-19(17(2)27)7-9-23(21)25(22)13-5-12-24-10-3-4-11-24;1-15(2)24(5)11-6-12-25-22-9-7-18(16(3)26)13-20(22)21-14-19(17(4)27)8-10-23(21)25;1-5-23(4)11-6-12-24-21-9-7-17(15(2)25)13-19(21)20-14-18(16(3)26)8-10-22(20)24/h6-9,13-14,19,28H,3-5,10-12,15-16H2,1-2H3;6-9,14-15H,3-5,10-13H2,1-2H3;7-10,13-15H,6,11-12H2,1-5H3;7-10,13-14H,5-6,11-12H2,1-4H3. The Balaban J connectivity index is 0.000000146. The van der Waals surface area contributed by atoms with Gasteiger partial charge in [-0.15, -0.1) is 0 Å². The summed E-state index contributed by atoms with van der Waals surface area (Å²) < 4.78 is 9.27. The van der Waals surface area contributed by atoms with Gasteiger partial charge in [0.1, 0.15) is 0 Å². The lowest BCUT2D eigenvalue weighted by Crippen LogP contribution is -2.37. The van der Waals surface area contributed by atoms with Crippen molar-refractivity contribution < 1.29 is 43.5 Å². The van der Waals surface area contributed by atoms with Crippen LogP contribution in [-0.4, -0.2) is 175 Å². The Kier molecular flexibility index (Phi) is 26.8. The van der Waals surface area contributed by atoms with Crippen LogP contribution in [0.2, 0.25) is 0 Å². The normalized spacial score (nSPS) is 14.1. The van der Waals surface area contributed by atoms with Crippen molar-refractivity contribution >= 4 is 133 Å². The molecule has 0 radical (unpaired) electrons. The molecule has 2 fully saturated rings. The molecule has 0 spiro atoms. The van der Waals surface area contributed by atoms with Gasteiger partial charge < -0.3 is 43.0 Å². The van der Waals surface area contributed by atoms with Gasteiger partial charge in [0.25, 0.3) is 0 Å². The van der Waals surface area contributed by atoms with Crippen molar-refractivity contribution in [3.05, 3.63) is 190 Å². The van der Waals surface area contributed by atoms with Crippen LogP contribution in [0.25, 0.3) is 87.2 Å². The minimum atomic E-state index is 0.0454. The molecule has 4 aromatic heterocycles. The van der Waals surface area contributed by atoms with E-state index in [0.29, 0.717) is 56.5 Å². The van der Waals surface area contributed by atoms with E-state index in [4.69, 9.17) is 0 Å². The van der Waals surface area contributed by atoms with E-state index < -0.39 is 0 Å². The van der Waals surface area contributed by atoms with Crippen molar-refractivity contribution in [1.29, 1.82) is 0 Å². The molecule has 0 amide bonds. The van der Waals surface area contributed by atoms with Gasteiger partial charge in [-0.05, 0) is 339 Å². The summed E-state index contributed by atoms with van der Waals surface area (Å²) in [6.45, 7) is 32.9. The largest absolute Gasteiger partial charge is 0.396 e. The zero-order valence-corrected chi connectivity index (χ0v) is 66.9. The molecule has 0 bridgehead atoms.